The molecule has 17 heavy (non-hydrogen) atoms. The zero-order valence-electron chi connectivity index (χ0n) is 9.69. The Kier molecular flexibility index (Phi) is 3.04. The summed E-state index contributed by atoms with van der Waals surface area (Å²) in [6.45, 7) is 2.52. The third kappa shape index (κ3) is 2.40. The van der Waals surface area contributed by atoms with Gasteiger partial charge in [0, 0.05) is 12.3 Å². The van der Waals surface area contributed by atoms with E-state index < -0.39 is 5.54 Å². The van der Waals surface area contributed by atoms with E-state index in [0.29, 0.717) is 24.3 Å². The molecule has 5 heteroatoms. The molecule has 1 aromatic rings. The lowest BCUT2D eigenvalue weighted by atomic mass is 9.99. The van der Waals surface area contributed by atoms with Crippen LogP contribution < -0.4 is 11.1 Å². The number of aryl methyl sites for hydroxylation is 1. The summed E-state index contributed by atoms with van der Waals surface area (Å²) in [6, 6.07) is 4.88. The Hall–Kier alpha value is -1.59. The van der Waals surface area contributed by atoms with Crippen LogP contribution in [-0.2, 0) is 9.53 Å². The summed E-state index contributed by atoms with van der Waals surface area (Å²) in [5.41, 5.74) is 6.33. The van der Waals surface area contributed by atoms with Gasteiger partial charge >= 0.3 is 0 Å². The molecule has 0 aromatic heterocycles. The van der Waals surface area contributed by atoms with E-state index in [0.717, 1.165) is 0 Å². The second kappa shape index (κ2) is 4.35. The number of carbonyl (C=O) groups excluding carboxylic acids is 1. The van der Waals surface area contributed by atoms with Crippen LogP contribution in [0.2, 0.25) is 0 Å². The molecule has 1 heterocycles. The number of benzene rings is 1. The third-order valence-electron chi connectivity index (χ3n) is 2.96. The first-order chi connectivity index (χ1) is 8.01. The number of hydrogen-bond acceptors (Lipinski definition) is 4. The highest BCUT2D eigenvalue weighted by Crippen LogP contribution is 2.22. The maximum absolute atomic E-state index is 12.0. The molecule has 1 aliphatic rings. The minimum absolute atomic E-state index is 0.203. The van der Waals surface area contributed by atoms with Gasteiger partial charge in [0.2, 0.25) is 5.91 Å². The van der Waals surface area contributed by atoms with Gasteiger partial charge in [-0.3, -0.25) is 4.79 Å². The van der Waals surface area contributed by atoms with Gasteiger partial charge in [-0.05, 0) is 37.1 Å². The average molecular weight is 236 g/mol. The van der Waals surface area contributed by atoms with E-state index in [-0.39, 0.29) is 18.3 Å². The Morgan fingerprint density at radius 2 is 2.35 bits per heavy atom. The quantitative estimate of drug-likeness (QED) is 0.662. The van der Waals surface area contributed by atoms with Crippen molar-refractivity contribution in [1.29, 1.82) is 0 Å². The third-order valence-corrected chi connectivity index (χ3v) is 2.96. The summed E-state index contributed by atoms with van der Waals surface area (Å²) in [5, 5.41) is 12.1. The van der Waals surface area contributed by atoms with Crippen LogP contribution in [0.5, 0.6) is 5.75 Å². The van der Waals surface area contributed by atoms with E-state index >= 15 is 0 Å². The minimum atomic E-state index is -0.939. The van der Waals surface area contributed by atoms with Crippen LogP contribution in [0.25, 0.3) is 0 Å². The fourth-order valence-electron chi connectivity index (χ4n) is 1.75. The molecule has 0 radical (unpaired) electrons. The van der Waals surface area contributed by atoms with Crippen molar-refractivity contribution in [2.75, 3.05) is 18.5 Å². The lowest BCUT2D eigenvalue weighted by Gasteiger charge is -2.20. The highest BCUT2D eigenvalue weighted by Gasteiger charge is 2.38. The van der Waals surface area contributed by atoms with Crippen molar-refractivity contribution < 1.29 is 14.6 Å². The van der Waals surface area contributed by atoms with E-state index in [2.05, 4.69) is 5.32 Å². The average Bonchev–Trinajstić information content (AvgIpc) is 2.72. The molecule has 0 aliphatic carbocycles. The van der Waals surface area contributed by atoms with Crippen molar-refractivity contribution in [1.82, 2.24) is 0 Å². The monoisotopic (exact) mass is 236 g/mol. The summed E-state index contributed by atoms with van der Waals surface area (Å²) in [5.74, 6) is -0.0465. The second-order valence-electron chi connectivity index (χ2n) is 4.41. The Bertz CT molecular complexity index is 439. The van der Waals surface area contributed by atoms with Crippen LogP contribution in [0.15, 0.2) is 18.2 Å². The molecule has 2 rings (SSSR count). The van der Waals surface area contributed by atoms with Crippen LogP contribution >= 0.6 is 0 Å². The standard InChI is InChI=1S/C12H16N2O3/c1-8-6-9(2-3-10(8)15)14-11(16)12(13)4-5-17-7-12/h2-3,6,15H,4-5,7,13H2,1H3,(H,14,16). The zero-order valence-corrected chi connectivity index (χ0v) is 9.69. The number of carbonyl (C=O) groups is 1. The van der Waals surface area contributed by atoms with Gasteiger partial charge in [0.25, 0.3) is 0 Å². The zero-order chi connectivity index (χ0) is 12.5. The summed E-state index contributed by atoms with van der Waals surface area (Å²) in [6.07, 6.45) is 0.524. The van der Waals surface area contributed by atoms with Gasteiger partial charge < -0.3 is 20.9 Å². The van der Waals surface area contributed by atoms with Crippen LogP contribution in [0.3, 0.4) is 0 Å². The normalized spacial score (nSPS) is 23.6. The number of rotatable bonds is 2. The molecule has 4 N–H and O–H groups in total. The number of phenolic OH excluding ortho intramolecular Hbond substituents is 1. The molecule has 1 fully saturated rings. The lowest BCUT2D eigenvalue weighted by Crippen LogP contribution is -2.51. The van der Waals surface area contributed by atoms with Crippen LogP contribution in [0.1, 0.15) is 12.0 Å². The minimum Gasteiger partial charge on any atom is -0.508 e. The summed E-state index contributed by atoms with van der Waals surface area (Å²) < 4.78 is 5.14. The van der Waals surface area contributed by atoms with Crippen molar-refractivity contribution in [3.05, 3.63) is 23.8 Å². The Morgan fingerprint density at radius 3 is 2.94 bits per heavy atom. The molecule has 1 unspecified atom stereocenters. The first-order valence-corrected chi connectivity index (χ1v) is 5.49. The molecule has 5 nitrogen and oxygen atoms in total. The van der Waals surface area contributed by atoms with E-state index in [4.69, 9.17) is 10.5 Å². The smallest absolute Gasteiger partial charge is 0.246 e. The van der Waals surface area contributed by atoms with Gasteiger partial charge in [0.1, 0.15) is 11.3 Å². The Labute approximate surface area is 99.6 Å². The summed E-state index contributed by atoms with van der Waals surface area (Å²) >= 11 is 0. The van der Waals surface area contributed by atoms with Gasteiger partial charge in [-0.2, -0.15) is 0 Å². The molecule has 0 bridgehead atoms. The number of hydrogen-bond donors (Lipinski definition) is 3. The number of anilines is 1. The van der Waals surface area contributed by atoms with Crippen LogP contribution in [0.4, 0.5) is 5.69 Å². The van der Waals surface area contributed by atoms with Crippen molar-refractivity contribution in [2.24, 2.45) is 5.73 Å². The molecule has 1 amide bonds. The van der Waals surface area contributed by atoms with Gasteiger partial charge in [0.15, 0.2) is 0 Å². The van der Waals surface area contributed by atoms with Crippen molar-refractivity contribution in [2.45, 2.75) is 18.9 Å². The Balaban J connectivity index is 2.10. The van der Waals surface area contributed by atoms with Gasteiger partial charge in [-0.25, -0.2) is 0 Å². The molecule has 0 spiro atoms. The number of ether oxygens (including phenoxy) is 1. The SMILES string of the molecule is Cc1cc(NC(=O)C2(N)CCOC2)ccc1O. The van der Waals surface area contributed by atoms with E-state index in [1.807, 2.05) is 0 Å². The number of amides is 1. The van der Waals surface area contributed by atoms with E-state index in [1.165, 1.54) is 0 Å². The van der Waals surface area contributed by atoms with E-state index in [9.17, 15) is 9.90 Å². The molecule has 1 atom stereocenters. The number of nitrogens with one attached hydrogen (secondary N) is 1. The second-order valence-corrected chi connectivity index (χ2v) is 4.41. The largest absolute Gasteiger partial charge is 0.508 e. The Morgan fingerprint density at radius 1 is 1.59 bits per heavy atom. The predicted molar refractivity (Wildman–Crippen MR) is 63.8 cm³/mol. The van der Waals surface area contributed by atoms with Crippen molar-refractivity contribution >= 4 is 11.6 Å². The molecule has 1 aliphatic heterocycles. The summed E-state index contributed by atoms with van der Waals surface area (Å²) in [7, 11) is 0. The predicted octanol–water partition coefficient (Wildman–Crippen LogP) is 0.757. The highest BCUT2D eigenvalue weighted by atomic mass is 16.5. The van der Waals surface area contributed by atoms with Crippen LogP contribution in [0, 0.1) is 6.92 Å². The maximum Gasteiger partial charge on any atom is 0.246 e. The number of aromatic hydroxyl groups is 1. The first kappa shape index (κ1) is 11.9. The molecule has 92 valence electrons. The fourth-order valence-corrected chi connectivity index (χ4v) is 1.75. The van der Waals surface area contributed by atoms with Gasteiger partial charge in [0.05, 0.1) is 6.61 Å². The number of phenols is 1. The maximum atomic E-state index is 12.0. The lowest BCUT2D eigenvalue weighted by molar-refractivity contribution is -0.121. The van der Waals surface area contributed by atoms with Crippen molar-refractivity contribution in [3.8, 4) is 5.75 Å². The van der Waals surface area contributed by atoms with Crippen molar-refractivity contribution in [3.63, 3.8) is 0 Å². The molecule has 0 saturated carbocycles. The van der Waals surface area contributed by atoms with Gasteiger partial charge in [-0.1, -0.05) is 0 Å². The summed E-state index contributed by atoms with van der Waals surface area (Å²) in [4.78, 5) is 12.0. The highest BCUT2D eigenvalue weighted by molar-refractivity contribution is 5.98. The molecule has 1 saturated heterocycles. The van der Waals surface area contributed by atoms with Crippen LogP contribution in [-0.4, -0.2) is 29.8 Å². The van der Waals surface area contributed by atoms with Gasteiger partial charge in [-0.15, -0.1) is 0 Å². The molecular formula is C12H16N2O3. The molecular weight excluding hydrogens is 220 g/mol. The topological polar surface area (TPSA) is 84.6 Å². The number of nitrogens with two attached hydrogens (primary N) is 1. The first-order valence-electron chi connectivity index (χ1n) is 5.49. The fraction of sp³-hybridized carbons (Fsp3) is 0.417. The molecule has 1 aromatic carbocycles. The van der Waals surface area contributed by atoms with E-state index in [1.54, 1.807) is 25.1 Å².